The monoisotopic (exact) mass is 1230 g/mol. The number of phosphoric ester groups is 1. The highest BCUT2D eigenvalue weighted by molar-refractivity contribution is 7.45. The highest BCUT2D eigenvalue weighted by atomic mass is 31.2. The van der Waals surface area contributed by atoms with Crippen LogP contribution < -0.4 is 10.2 Å². The van der Waals surface area contributed by atoms with Gasteiger partial charge in [0.25, 0.3) is 7.82 Å². The summed E-state index contributed by atoms with van der Waals surface area (Å²) in [4.78, 5) is 40.2. The Morgan fingerprint density at radius 1 is 0.407 bits per heavy atom. The molecule has 0 saturated carbocycles. The number of phosphoric acid groups is 1. The first-order valence-electron chi connectivity index (χ1n) is 37.1. The Morgan fingerprint density at radius 2 is 0.709 bits per heavy atom. The van der Waals surface area contributed by atoms with Gasteiger partial charge in [-0.1, -0.05) is 313 Å². The summed E-state index contributed by atoms with van der Waals surface area (Å²) in [6.07, 6.45) is 84.9. The molecule has 0 aromatic rings. The van der Waals surface area contributed by atoms with Gasteiger partial charge in [-0.05, 0) is 96.0 Å². The Hall–Kier alpha value is -2.29. The van der Waals surface area contributed by atoms with E-state index in [1.165, 1.54) is 257 Å². The van der Waals surface area contributed by atoms with Gasteiger partial charge in [0, 0.05) is 12.8 Å². The number of hydrogen-bond acceptors (Lipinski definition) is 7. The summed E-state index contributed by atoms with van der Waals surface area (Å²) in [5, 5.41) is 3.05. The lowest BCUT2D eigenvalue weighted by Gasteiger charge is -2.30. The van der Waals surface area contributed by atoms with Crippen LogP contribution in [0.2, 0.25) is 0 Å². The van der Waals surface area contributed by atoms with Crippen LogP contribution in [-0.4, -0.2) is 69.4 Å². The van der Waals surface area contributed by atoms with Crippen molar-refractivity contribution in [3.63, 3.8) is 0 Å². The fraction of sp³-hybridized carbons (Fsp3) is 0.842. The van der Waals surface area contributed by atoms with E-state index in [0.29, 0.717) is 17.4 Å². The van der Waals surface area contributed by atoms with E-state index in [1.807, 2.05) is 33.3 Å². The van der Waals surface area contributed by atoms with Crippen LogP contribution in [0, 0.1) is 0 Å². The number of allylic oxidation sites excluding steroid dienone is 9. The summed E-state index contributed by atoms with van der Waals surface area (Å²) in [5.41, 5.74) is 0. The molecule has 1 amide bonds. The fourth-order valence-corrected chi connectivity index (χ4v) is 11.7. The maximum absolute atomic E-state index is 13.6. The number of ether oxygens (including phenoxy) is 1. The molecule has 504 valence electrons. The molecule has 0 aliphatic carbocycles. The number of esters is 1. The second-order valence-electron chi connectivity index (χ2n) is 26.4. The minimum absolute atomic E-state index is 0.0224. The molecule has 10 heteroatoms. The average molecular weight is 1230 g/mol. The Kier molecular flexibility index (Phi) is 63.9. The highest BCUT2D eigenvalue weighted by Crippen LogP contribution is 2.38. The zero-order valence-electron chi connectivity index (χ0n) is 57.8. The molecule has 0 heterocycles. The van der Waals surface area contributed by atoms with Gasteiger partial charge < -0.3 is 28.5 Å². The molecule has 0 aromatic heterocycles. The van der Waals surface area contributed by atoms with E-state index in [9.17, 15) is 19.0 Å². The third-order valence-corrected chi connectivity index (χ3v) is 17.6. The lowest BCUT2D eigenvalue weighted by Crippen LogP contribution is -2.47. The van der Waals surface area contributed by atoms with Gasteiger partial charge in [0.15, 0.2) is 0 Å². The molecule has 0 fully saturated rings. The average Bonchev–Trinajstić information content (AvgIpc) is 3.69. The molecule has 0 aromatic carbocycles. The molecule has 0 rings (SSSR count). The number of quaternary nitrogens is 1. The van der Waals surface area contributed by atoms with E-state index in [4.69, 9.17) is 13.8 Å². The molecule has 0 aliphatic rings. The van der Waals surface area contributed by atoms with Crippen molar-refractivity contribution in [2.75, 3.05) is 40.9 Å². The minimum Gasteiger partial charge on any atom is -0.756 e. The second kappa shape index (κ2) is 65.7. The molecule has 0 bridgehead atoms. The van der Waals surface area contributed by atoms with Crippen LogP contribution in [0.15, 0.2) is 60.8 Å². The highest BCUT2D eigenvalue weighted by Gasteiger charge is 2.27. The molecule has 3 unspecified atom stereocenters. The van der Waals surface area contributed by atoms with Gasteiger partial charge in [0.05, 0.1) is 33.8 Å². The van der Waals surface area contributed by atoms with Crippen molar-refractivity contribution in [2.24, 2.45) is 0 Å². The number of hydrogen-bond donors (Lipinski definition) is 1. The quantitative estimate of drug-likeness (QED) is 0.0212. The molecule has 86 heavy (non-hydrogen) atoms. The summed E-state index contributed by atoms with van der Waals surface area (Å²) in [5.74, 6) is -0.531. The first kappa shape index (κ1) is 83.7. The Bertz CT molecular complexity index is 1650. The van der Waals surface area contributed by atoms with E-state index in [-0.39, 0.29) is 31.5 Å². The fourth-order valence-electron chi connectivity index (χ4n) is 10.9. The van der Waals surface area contributed by atoms with Crippen molar-refractivity contribution in [1.29, 1.82) is 0 Å². The molecule has 0 aliphatic heterocycles. The van der Waals surface area contributed by atoms with Crippen LogP contribution >= 0.6 is 7.82 Å². The molecule has 0 spiro atoms. The summed E-state index contributed by atoms with van der Waals surface area (Å²) >= 11 is 0. The molecule has 3 atom stereocenters. The predicted octanol–water partition coefficient (Wildman–Crippen LogP) is 23.1. The van der Waals surface area contributed by atoms with Gasteiger partial charge >= 0.3 is 5.97 Å². The van der Waals surface area contributed by atoms with E-state index < -0.39 is 20.0 Å². The first-order valence-corrected chi connectivity index (χ1v) is 38.6. The number of rotatable bonds is 68. The third kappa shape index (κ3) is 66.1. The smallest absolute Gasteiger partial charge is 0.306 e. The third-order valence-electron chi connectivity index (χ3n) is 16.7. The molecule has 9 nitrogen and oxygen atoms in total. The number of nitrogens with one attached hydrogen (secondary N) is 1. The number of nitrogens with zero attached hydrogens (tertiary/aromatic N) is 1. The van der Waals surface area contributed by atoms with Crippen LogP contribution in [0.3, 0.4) is 0 Å². The van der Waals surface area contributed by atoms with E-state index in [0.717, 1.165) is 70.6 Å². The maximum Gasteiger partial charge on any atom is 0.306 e. The first-order chi connectivity index (χ1) is 41.9. The van der Waals surface area contributed by atoms with Gasteiger partial charge in [-0.15, -0.1) is 0 Å². The lowest BCUT2D eigenvalue weighted by molar-refractivity contribution is -0.870. The van der Waals surface area contributed by atoms with E-state index in [1.54, 1.807) is 0 Å². The molecule has 1 N–H and O–H groups in total. The zero-order valence-corrected chi connectivity index (χ0v) is 58.7. The van der Waals surface area contributed by atoms with Gasteiger partial charge in [0.2, 0.25) is 5.91 Å². The zero-order chi connectivity index (χ0) is 62.8. The van der Waals surface area contributed by atoms with Crippen molar-refractivity contribution in [1.82, 2.24) is 5.32 Å². The van der Waals surface area contributed by atoms with Crippen LogP contribution in [0.4, 0.5) is 0 Å². The standard InChI is InChI=1S/C76H143N2O7P/c1-7-10-13-16-19-22-25-28-30-32-34-36-38-39-41-42-44-46-48-50-53-56-59-62-65-68-75(79)77-73(72-84-86(81,82)83-71-70-78(4,5)6)74(67-64-61-58-55-52-27-24-21-18-15-12-9-3)85-76(80)69-66-63-60-57-54-51-49-47-45-43-40-37-35-33-31-29-26-23-20-17-14-11-8-2/h20,23,28-31,35,37,64,67,73-74H,7-19,21-22,24-27,32-34,36,38-63,65-66,68-72H2,1-6H3,(H-,77,79,81,82)/b23-20-,30-28+,31-29-,37-35-,67-64+. The molecule has 0 radical (unpaired) electrons. The molecular formula is C76H143N2O7P. The summed E-state index contributed by atoms with van der Waals surface area (Å²) < 4.78 is 30.5. The van der Waals surface area contributed by atoms with Crippen LogP contribution in [0.1, 0.15) is 361 Å². The van der Waals surface area contributed by atoms with Gasteiger partial charge in [-0.3, -0.25) is 14.2 Å². The van der Waals surface area contributed by atoms with Crippen molar-refractivity contribution in [3.05, 3.63) is 60.8 Å². The summed E-state index contributed by atoms with van der Waals surface area (Å²) in [7, 11) is 1.19. The molecular weight excluding hydrogens is 1080 g/mol. The van der Waals surface area contributed by atoms with Crippen molar-refractivity contribution < 1.29 is 37.3 Å². The van der Waals surface area contributed by atoms with Gasteiger partial charge in [0.1, 0.15) is 19.3 Å². The number of carbonyl (C=O) groups excluding carboxylic acids is 2. The van der Waals surface area contributed by atoms with E-state index >= 15 is 0 Å². The van der Waals surface area contributed by atoms with Gasteiger partial charge in [-0.2, -0.15) is 0 Å². The lowest BCUT2D eigenvalue weighted by atomic mass is 10.0. The summed E-state index contributed by atoms with van der Waals surface area (Å²) in [6.45, 7) is 6.86. The van der Waals surface area contributed by atoms with E-state index in [2.05, 4.69) is 74.7 Å². The van der Waals surface area contributed by atoms with Crippen molar-refractivity contribution in [3.8, 4) is 0 Å². The Balaban J connectivity index is 5.01. The van der Waals surface area contributed by atoms with Crippen LogP contribution in [0.5, 0.6) is 0 Å². The van der Waals surface area contributed by atoms with Crippen LogP contribution in [-0.2, 0) is 27.9 Å². The largest absolute Gasteiger partial charge is 0.756 e. The number of amides is 1. The SMILES string of the molecule is CCCCC/C=C\C/C=C\C/C=C\CCCCCCCCCCCCC(=O)OC(/C=C/CCCCCCCCCCCC)C(COP(=O)([O-])OCC[N+](C)(C)C)NC(=O)CCCCCCCCCCCCCCCCC/C=C/CCCCCCCC. The summed E-state index contributed by atoms with van der Waals surface area (Å²) in [6, 6.07) is -0.891. The van der Waals surface area contributed by atoms with Crippen LogP contribution in [0.25, 0.3) is 0 Å². The normalized spacial score (nSPS) is 13.8. The second-order valence-corrected chi connectivity index (χ2v) is 27.9. The topological polar surface area (TPSA) is 114 Å². The van der Waals surface area contributed by atoms with Crippen molar-refractivity contribution in [2.45, 2.75) is 373 Å². The predicted molar refractivity (Wildman–Crippen MR) is 372 cm³/mol. The number of carbonyl (C=O) groups is 2. The maximum atomic E-state index is 13.6. The van der Waals surface area contributed by atoms with Crippen molar-refractivity contribution >= 4 is 19.7 Å². The Labute approximate surface area is 534 Å². The van der Waals surface area contributed by atoms with Gasteiger partial charge in [-0.25, -0.2) is 0 Å². The number of likely N-dealkylation sites (N-methyl/N-ethyl adjacent to an activating group) is 1. The molecule has 0 saturated heterocycles. The Morgan fingerprint density at radius 3 is 1.09 bits per heavy atom. The number of unbranched alkanes of at least 4 members (excludes halogenated alkanes) is 44. The minimum atomic E-state index is -4.71.